The second-order valence-electron chi connectivity index (χ2n) is 7.99. The van der Waals surface area contributed by atoms with E-state index in [-0.39, 0.29) is 33.4 Å². The van der Waals surface area contributed by atoms with Crippen LogP contribution in [-0.4, -0.2) is 18.9 Å². The molecule has 182 valence electrons. The summed E-state index contributed by atoms with van der Waals surface area (Å²) < 4.78 is 57.6. The number of benzene rings is 1. The fourth-order valence-corrected chi connectivity index (χ4v) is 3.70. The third-order valence-electron chi connectivity index (χ3n) is 5.60. The molecule has 0 fully saturated rings. The molecule has 3 aromatic heterocycles. The van der Waals surface area contributed by atoms with Crippen LogP contribution >= 0.6 is 0 Å². The van der Waals surface area contributed by atoms with E-state index in [1.165, 1.54) is 49.1 Å². The molecule has 0 bridgehead atoms. The van der Waals surface area contributed by atoms with Gasteiger partial charge in [0.05, 0.1) is 22.7 Å². The zero-order chi connectivity index (χ0) is 25.7. The van der Waals surface area contributed by atoms with Gasteiger partial charge >= 0.3 is 6.18 Å². The van der Waals surface area contributed by atoms with Crippen molar-refractivity contribution in [1.29, 1.82) is 0 Å². The number of hydrogen-bond donors (Lipinski definition) is 1. The molecule has 0 spiro atoms. The van der Waals surface area contributed by atoms with E-state index in [1.807, 2.05) is 0 Å². The number of aromatic nitrogens is 4. The van der Waals surface area contributed by atoms with Crippen LogP contribution in [0, 0.1) is 5.82 Å². The summed E-state index contributed by atoms with van der Waals surface area (Å²) in [7, 11) is 2.88. The zero-order valence-electron chi connectivity index (χ0n) is 18.7. The number of nitrogens with zero attached hydrogens (tertiary/aromatic N) is 4. The number of halogens is 4. The zero-order valence-corrected chi connectivity index (χ0v) is 18.7. The van der Waals surface area contributed by atoms with Gasteiger partial charge in [0.1, 0.15) is 5.82 Å². The van der Waals surface area contributed by atoms with Crippen LogP contribution in [0.3, 0.4) is 0 Å². The summed E-state index contributed by atoms with van der Waals surface area (Å²) in [5, 5.41) is 7.13. The van der Waals surface area contributed by atoms with Crippen molar-refractivity contribution in [1.82, 2.24) is 18.9 Å². The predicted octanol–water partition coefficient (Wildman–Crippen LogP) is 3.11. The van der Waals surface area contributed by atoms with Crippen LogP contribution in [0.15, 0.2) is 63.2 Å². The van der Waals surface area contributed by atoms with Gasteiger partial charge in [-0.1, -0.05) is 12.1 Å². The largest absolute Gasteiger partial charge is 0.419 e. The quantitative estimate of drug-likeness (QED) is 0.445. The Morgan fingerprint density at radius 2 is 1.71 bits per heavy atom. The first-order valence-electron chi connectivity index (χ1n) is 10.3. The summed E-state index contributed by atoms with van der Waals surface area (Å²) in [6, 6.07) is 5.80. The van der Waals surface area contributed by atoms with E-state index in [0.29, 0.717) is 6.07 Å². The van der Waals surface area contributed by atoms with Crippen LogP contribution in [0.4, 0.5) is 23.4 Å². The van der Waals surface area contributed by atoms with E-state index in [4.69, 9.17) is 0 Å². The second kappa shape index (κ2) is 8.53. The first kappa shape index (κ1) is 23.9. The lowest BCUT2D eigenvalue weighted by molar-refractivity contribution is -0.140. The molecule has 0 saturated carbocycles. The van der Waals surface area contributed by atoms with Gasteiger partial charge in [-0.2, -0.15) is 18.3 Å². The lowest BCUT2D eigenvalue weighted by Gasteiger charge is -2.19. The molecule has 4 aromatic rings. The van der Waals surface area contributed by atoms with E-state index < -0.39 is 34.7 Å². The van der Waals surface area contributed by atoms with E-state index in [0.717, 1.165) is 21.4 Å². The van der Waals surface area contributed by atoms with Gasteiger partial charge in [-0.05, 0) is 19.1 Å². The summed E-state index contributed by atoms with van der Waals surface area (Å²) in [6.45, 7) is 1.44. The normalized spacial score (nSPS) is 12.7. The van der Waals surface area contributed by atoms with Crippen LogP contribution in [-0.2, 0) is 20.3 Å². The predicted molar refractivity (Wildman–Crippen MR) is 121 cm³/mol. The van der Waals surface area contributed by atoms with Gasteiger partial charge in [0.25, 0.3) is 16.7 Å². The average Bonchev–Trinajstić information content (AvgIpc) is 2.78. The summed E-state index contributed by atoms with van der Waals surface area (Å²) in [5.41, 5.74) is -2.97. The molecule has 0 saturated heterocycles. The number of aryl methyl sites for hydroxylation is 2. The Labute approximate surface area is 194 Å². The molecule has 1 N–H and O–H groups in total. The molecule has 12 heteroatoms. The van der Waals surface area contributed by atoms with E-state index >= 15 is 0 Å². The number of nitrogens with one attached hydrogen (secondary N) is 1. The summed E-state index contributed by atoms with van der Waals surface area (Å²) >= 11 is 0. The Balaban J connectivity index is 1.87. The lowest BCUT2D eigenvalue weighted by atomic mass is 10.0. The standard InChI is InChI=1S/C23H19F4N5O3/c1-12(14-5-4-6-17(20(14)24)23(25,26)27)28-21-16-11-32(13-7-8-30(2)18(33)9-13)19(34)10-15(16)22(35)31(3)29-21/h4-12H,1-3H3,(H,28,29)/t12-/m1/s1. The molecule has 0 amide bonds. The molecule has 4 rings (SSSR count). The second-order valence-corrected chi connectivity index (χ2v) is 7.99. The minimum Gasteiger partial charge on any atom is -0.361 e. The van der Waals surface area contributed by atoms with Crippen molar-refractivity contribution in [2.24, 2.45) is 14.1 Å². The van der Waals surface area contributed by atoms with Gasteiger partial charge in [0.2, 0.25) is 0 Å². The van der Waals surface area contributed by atoms with Crippen molar-refractivity contribution < 1.29 is 17.6 Å². The summed E-state index contributed by atoms with van der Waals surface area (Å²) in [5.74, 6) is -1.39. The molecule has 0 aliphatic heterocycles. The topological polar surface area (TPSA) is 90.9 Å². The summed E-state index contributed by atoms with van der Waals surface area (Å²) in [6.07, 6.45) is -2.10. The molecular weight excluding hydrogens is 470 g/mol. The molecule has 0 aliphatic rings. The van der Waals surface area contributed by atoms with E-state index in [1.54, 1.807) is 7.05 Å². The van der Waals surface area contributed by atoms with Crippen molar-refractivity contribution >= 4 is 16.6 Å². The van der Waals surface area contributed by atoms with Crippen molar-refractivity contribution in [3.05, 3.63) is 96.8 Å². The van der Waals surface area contributed by atoms with Crippen molar-refractivity contribution in [2.45, 2.75) is 19.1 Å². The Morgan fingerprint density at radius 3 is 2.37 bits per heavy atom. The minimum absolute atomic E-state index is 0.00759. The van der Waals surface area contributed by atoms with Crippen LogP contribution in [0.5, 0.6) is 0 Å². The van der Waals surface area contributed by atoms with Crippen LogP contribution < -0.4 is 22.0 Å². The summed E-state index contributed by atoms with van der Waals surface area (Å²) in [4.78, 5) is 37.4. The third kappa shape index (κ3) is 4.34. The molecule has 35 heavy (non-hydrogen) atoms. The Bertz CT molecular complexity index is 1640. The monoisotopic (exact) mass is 489 g/mol. The SMILES string of the molecule is C[C@@H](Nc1nn(C)c(=O)c2cc(=O)n(-c3ccn(C)c(=O)c3)cc12)c1cccc(C(F)(F)F)c1F. The molecule has 0 radical (unpaired) electrons. The highest BCUT2D eigenvalue weighted by molar-refractivity contribution is 5.90. The van der Waals surface area contributed by atoms with Crippen molar-refractivity contribution in [3.63, 3.8) is 0 Å². The van der Waals surface area contributed by atoms with Crippen molar-refractivity contribution in [2.75, 3.05) is 5.32 Å². The number of rotatable bonds is 4. The maximum atomic E-state index is 14.7. The number of anilines is 1. The molecule has 8 nitrogen and oxygen atoms in total. The van der Waals surface area contributed by atoms with Gasteiger partial charge in [-0.15, -0.1) is 0 Å². The van der Waals surface area contributed by atoms with Gasteiger partial charge in [-0.25, -0.2) is 9.07 Å². The molecule has 1 atom stereocenters. The van der Waals surface area contributed by atoms with Gasteiger partial charge in [-0.3, -0.25) is 19.0 Å². The van der Waals surface area contributed by atoms with Crippen LogP contribution in [0.25, 0.3) is 16.5 Å². The molecular formula is C23H19F4N5O3. The van der Waals surface area contributed by atoms with Gasteiger partial charge in [0, 0.05) is 49.6 Å². The highest BCUT2D eigenvalue weighted by atomic mass is 19.4. The number of hydrogen-bond acceptors (Lipinski definition) is 5. The Morgan fingerprint density at radius 1 is 1.00 bits per heavy atom. The lowest BCUT2D eigenvalue weighted by Crippen LogP contribution is -2.27. The maximum Gasteiger partial charge on any atom is 0.419 e. The smallest absolute Gasteiger partial charge is 0.361 e. The number of alkyl halides is 3. The third-order valence-corrected chi connectivity index (χ3v) is 5.60. The van der Waals surface area contributed by atoms with Crippen molar-refractivity contribution in [3.8, 4) is 5.69 Å². The fraction of sp³-hybridized carbons (Fsp3) is 0.217. The molecule has 3 heterocycles. The van der Waals surface area contributed by atoms with E-state index in [9.17, 15) is 31.9 Å². The van der Waals surface area contributed by atoms with Crippen LogP contribution in [0.1, 0.15) is 24.1 Å². The maximum absolute atomic E-state index is 14.7. The minimum atomic E-state index is -4.87. The van der Waals surface area contributed by atoms with Gasteiger partial charge in [0.15, 0.2) is 5.82 Å². The average molecular weight is 489 g/mol. The first-order valence-corrected chi connectivity index (χ1v) is 10.3. The highest BCUT2D eigenvalue weighted by Crippen LogP contribution is 2.34. The molecule has 1 aromatic carbocycles. The highest BCUT2D eigenvalue weighted by Gasteiger charge is 2.35. The number of fused-ring (bicyclic) bond motifs is 1. The molecule has 0 unspecified atom stereocenters. The fourth-order valence-electron chi connectivity index (χ4n) is 3.70. The first-order chi connectivity index (χ1) is 16.4. The van der Waals surface area contributed by atoms with Gasteiger partial charge < -0.3 is 9.88 Å². The number of pyridine rings is 2. The van der Waals surface area contributed by atoms with E-state index in [2.05, 4.69) is 10.4 Å². The molecule has 0 aliphatic carbocycles. The van der Waals surface area contributed by atoms with Crippen LogP contribution in [0.2, 0.25) is 0 Å². The Hall–Kier alpha value is -4.22. The Kier molecular flexibility index (Phi) is 5.83.